The van der Waals surface area contributed by atoms with Crippen molar-refractivity contribution in [2.75, 3.05) is 0 Å². The van der Waals surface area contributed by atoms with Gasteiger partial charge in [-0.25, -0.2) is 0 Å². The Morgan fingerprint density at radius 1 is 1.14 bits per heavy atom. The molecule has 0 amide bonds. The van der Waals surface area contributed by atoms with Gasteiger partial charge in [-0.3, -0.25) is 0 Å². The van der Waals surface area contributed by atoms with Crippen molar-refractivity contribution in [1.82, 2.24) is 0 Å². The maximum Gasteiger partial charge on any atom is 0.0948 e. The molecular weight excluding hydrogens is 172 g/mol. The molecule has 0 aromatic rings. The van der Waals surface area contributed by atoms with Crippen molar-refractivity contribution in [2.24, 2.45) is 5.92 Å². The summed E-state index contributed by atoms with van der Waals surface area (Å²) in [5.74, 6) is 0.803. The first-order chi connectivity index (χ1) is 6.69. The van der Waals surface area contributed by atoms with E-state index in [0.717, 1.165) is 5.92 Å². The molecule has 0 aromatic carbocycles. The number of hydrogen-bond acceptors (Lipinski definition) is 1. The summed E-state index contributed by atoms with van der Waals surface area (Å²) in [4.78, 5) is 0. The number of rotatable bonds is 7. The van der Waals surface area contributed by atoms with Crippen molar-refractivity contribution in [1.29, 1.82) is 0 Å². The fraction of sp³-hybridized carbons (Fsp3) is 1.00. The predicted octanol–water partition coefficient (Wildman–Crippen LogP) is 4.16. The SMILES string of the molecule is CCCCC(CCC)C1(C)OC1CC. The van der Waals surface area contributed by atoms with E-state index in [4.69, 9.17) is 4.74 Å². The Balaban J connectivity index is 2.42. The molecule has 1 saturated heterocycles. The summed E-state index contributed by atoms with van der Waals surface area (Å²) in [6.07, 6.45) is 8.40. The topological polar surface area (TPSA) is 12.5 Å². The molecule has 1 rings (SSSR count). The molecule has 0 aliphatic carbocycles. The number of epoxide rings is 1. The molecule has 14 heavy (non-hydrogen) atoms. The standard InChI is InChI=1S/C13H26O/c1-5-8-10-11(9-6-2)13(4)12(7-3)14-13/h11-12H,5-10H2,1-4H3. The number of unbranched alkanes of at least 4 members (excludes halogenated alkanes) is 1. The van der Waals surface area contributed by atoms with Crippen molar-refractivity contribution in [3.8, 4) is 0 Å². The van der Waals surface area contributed by atoms with Crippen LogP contribution in [0.2, 0.25) is 0 Å². The van der Waals surface area contributed by atoms with Crippen LogP contribution < -0.4 is 0 Å². The van der Waals surface area contributed by atoms with Crippen LogP contribution in [-0.2, 0) is 4.74 Å². The van der Waals surface area contributed by atoms with E-state index in [1.165, 1.54) is 38.5 Å². The Hall–Kier alpha value is -0.0400. The third kappa shape index (κ3) is 2.50. The minimum atomic E-state index is 0.236. The predicted molar refractivity (Wildman–Crippen MR) is 61.5 cm³/mol. The van der Waals surface area contributed by atoms with Crippen LogP contribution in [0, 0.1) is 5.92 Å². The second-order valence-electron chi connectivity index (χ2n) is 4.83. The van der Waals surface area contributed by atoms with Crippen molar-refractivity contribution in [3.05, 3.63) is 0 Å². The van der Waals surface area contributed by atoms with Gasteiger partial charge in [-0.05, 0) is 32.1 Å². The lowest BCUT2D eigenvalue weighted by atomic mass is 9.83. The van der Waals surface area contributed by atoms with Crippen LogP contribution in [0.4, 0.5) is 0 Å². The largest absolute Gasteiger partial charge is 0.366 e. The van der Waals surface area contributed by atoms with Crippen LogP contribution in [0.1, 0.15) is 66.2 Å². The van der Waals surface area contributed by atoms with Gasteiger partial charge in [0.05, 0.1) is 11.7 Å². The lowest BCUT2D eigenvalue weighted by Gasteiger charge is -2.20. The molecule has 84 valence electrons. The molecule has 0 aromatic heterocycles. The number of ether oxygens (including phenoxy) is 1. The van der Waals surface area contributed by atoms with E-state index in [0.29, 0.717) is 6.10 Å². The number of hydrogen-bond donors (Lipinski definition) is 0. The first kappa shape index (κ1) is 12.0. The second kappa shape index (κ2) is 5.16. The molecule has 1 nitrogen and oxygen atoms in total. The van der Waals surface area contributed by atoms with Gasteiger partial charge in [-0.1, -0.05) is 40.0 Å². The molecule has 0 bridgehead atoms. The third-order valence-electron chi connectivity index (χ3n) is 3.70. The summed E-state index contributed by atoms with van der Waals surface area (Å²) in [7, 11) is 0. The highest BCUT2D eigenvalue weighted by atomic mass is 16.6. The van der Waals surface area contributed by atoms with Gasteiger partial charge in [0.15, 0.2) is 0 Å². The van der Waals surface area contributed by atoms with E-state index < -0.39 is 0 Å². The normalized spacial score (nSPS) is 33.0. The Morgan fingerprint density at radius 3 is 2.29 bits per heavy atom. The molecule has 1 aliphatic rings. The lowest BCUT2D eigenvalue weighted by Crippen LogP contribution is -2.23. The Morgan fingerprint density at radius 2 is 1.86 bits per heavy atom. The van der Waals surface area contributed by atoms with Gasteiger partial charge < -0.3 is 4.74 Å². The highest BCUT2D eigenvalue weighted by Gasteiger charge is 2.55. The fourth-order valence-corrected chi connectivity index (χ4v) is 2.64. The zero-order valence-electron chi connectivity index (χ0n) is 10.3. The average molecular weight is 198 g/mol. The van der Waals surface area contributed by atoms with Crippen molar-refractivity contribution in [3.63, 3.8) is 0 Å². The average Bonchev–Trinajstić information content (AvgIpc) is 2.85. The molecule has 3 atom stereocenters. The third-order valence-corrected chi connectivity index (χ3v) is 3.70. The first-order valence-corrected chi connectivity index (χ1v) is 6.36. The molecule has 0 spiro atoms. The van der Waals surface area contributed by atoms with E-state index in [9.17, 15) is 0 Å². The van der Waals surface area contributed by atoms with Gasteiger partial charge >= 0.3 is 0 Å². The molecule has 1 heteroatoms. The highest BCUT2D eigenvalue weighted by Crippen LogP contribution is 2.48. The van der Waals surface area contributed by atoms with Gasteiger partial charge in [0.2, 0.25) is 0 Å². The van der Waals surface area contributed by atoms with Gasteiger partial charge in [-0.2, -0.15) is 0 Å². The molecule has 1 fully saturated rings. The van der Waals surface area contributed by atoms with Crippen LogP contribution in [0.5, 0.6) is 0 Å². The summed E-state index contributed by atoms with van der Waals surface area (Å²) in [5.41, 5.74) is 0.236. The Labute approximate surface area is 89.2 Å². The lowest BCUT2D eigenvalue weighted by molar-refractivity contribution is 0.208. The quantitative estimate of drug-likeness (QED) is 0.560. The van der Waals surface area contributed by atoms with Gasteiger partial charge in [0, 0.05) is 0 Å². The molecule has 0 saturated carbocycles. The molecule has 3 unspecified atom stereocenters. The fourth-order valence-electron chi connectivity index (χ4n) is 2.64. The summed E-state index contributed by atoms with van der Waals surface area (Å²) in [6.45, 7) is 9.11. The van der Waals surface area contributed by atoms with Crippen LogP contribution in [0.25, 0.3) is 0 Å². The molecule has 0 radical (unpaired) electrons. The van der Waals surface area contributed by atoms with E-state index in [-0.39, 0.29) is 5.60 Å². The van der Waals surface area contributed by atoms with Gasteiger partial charge in [-0.15, -0.1) is 0 Å². The summed E-state index contributed by atoms with van der Waals surface area (Å²) >= 11 is 0. The van der Waals surface area contributed by atoms with Crippen LogP contribution in [-0.4, -0.2) is 11.7 Å². The maximum atomic E-state index is 5.87. The molecule has 1 heterocycles. The summed E-state index contributed by atoms with van der Waals surface area (Å²) < 4.78 is 5.87. The van der Waals surface area contributed by atoms with Crippen LogP contribution >= 0.6 is 0 Å². The monoisotopic (exact) mass is 198 g/mol. The van der Waals surface area contributed by atoms with Crippen molar-refractivity contribution >= 4 is 0 Å². The molecule has 0 N–H and O–H groups in total. The van der Waals surface area contributed by atoms with E-state index in [1.54, 1.807) is 0 Å². The zero-order valence-corrected chi connectivity index (χ0v) is 10.3. The maximum absolute atomic E-state index is 5.87. The smallest absolute Gasteiger partial charge is 0.0948 e. The van der Waals surface area contributed by atoms with Gasteiger partial charge in [0.25, 0.3) is 0 Å². The van der Waals surface area contributed by atoms with E-state index >= 15 is 0 Å². The summed E-state index contributed by atoms with van der Waals surface area (Å²) in [5, 5.41) is 0. The Kier molecular flexibility index (Phi) is 4.43. The van der Waals surface area contributed by atoms with E-state index in [1.807, 2.05) is 0 Å². The second-order valence-corrected chi connectivity index (χ2v) is 4.83. The van der Waals surface area contributed by atoms with Gasteiger partial charge in [0.1, 0.15) is 0 Å². The molecular formula is C13H26O. The Bertz CT molecular complexity index is 167. The minimum Gasteiger partial charge on any atom is -0.366 e. The highest BCUT2D eigenvalue weighted by molar-refractivity contribution is 5.02. The van der Waals surface area contributed by atoms with Crippen molar-refractivity contribution in [2.45, 2.75) is 77.9 Å². The van der Waals surface area contributed by atoms with E-state index in [2.05, 4.69) is 27.7 Å². The zero-order chi connectivity index (χ0) is 10.6. The van der Waals surface area contributed by atoms with Crippen LogP contribution in [0.15, 0.2) is 0 Å². The molecule has 1 aliphatic heterocycles. The minimum absolute atomic E-state index is 0.236. The first-order valence-electron chi connectivity index (χ1n) is 6.36. The van der Waals surface area contributed by atoms with Crippen molar-refractivity contribution < 1.29 is 4.74 Å². The summed E-state index contributed by atoms with van der Waals surface area (Å²) in [6, 6.07) is 0. The van der Waals surface area contributed by atoms with Crippen LogP contribution in [0.3, 0.4) is 0 Å².